The number of benzene rings is 1. The van der Waals surface area contributed by atoms with Crippen LogP contribution < -0.4 is 4.74 Å². The van der Waals surface area contributed by atoms with Crippen LogP contribution in [0.1, 0.15) is 6.92 Å². The predicted molar refractivity (Wildman–Crippen MR) is 71.1 cm³/mol. The van der Waals surface area contributed by atoms with Crippen LogP contribution >= 0.6 is 0 Å². The number of ether oxygens (including phenoxy) is 1. The summed E-state index contributed by atoms with van der Waals surface area (Å²) < 4.78 is 7.05. The minimum absolute atomic E-state index is 0.0939. The lowest BCUT2D eigenvalue weighted by Crippen LogP contribution is -1.93. The van der Waals surface area contributed by atoms with Gasteiger partial charge in [0.2, 0.25) is 0 Å². The van der Waals surface area contributed by atoms with Gasteiger partial charge in [-0.2, -0.15) is 5.10 Å². The van der Waals surface area contributed by atoms with Crippen LogP contribution in [0.3, 0.4) is 0 Å². The summed E-state index contributed by atoms with van der Waals surface area (Å²) in [6, 6.07) is 5.35. The van der Waals surface area contributed by atoms with Crippen molar-refractivity contribution < 1.29 is 9.84 Å². The molecule has 0 atom stereocenters. The number of aryl methyl sites for hydroxylation is 1. The van der Waals surface area contributed by atoms with Crippen molar-refractivity contribution in [2.45, 2.75) is 6.92 Å². The third-order valence-corrected chi connectivity index (χ3v) is 2.93. The summed E-state index contributed by atoms with van der Waals surface area (Å²) >= 11 is 0. The largest absolute Gasteiger partial charge is 0.504 e. The highest BCUT2D eigenvalue weighted by atomic mass is 16.5. The van der Waals surface area contributed by atoms with Crippen LogP contribution in [-0.4, -0.2) is 31.5 Å². The molecule has 98 valence electrons. The van der Waals surface area contributed by atoms with Crippen LogP contribution in [0.4, 0.5) is 0 Å². The van der Waals surface area contributed by atoms with Crippen molar-refractivity contribution in [1.29, 1.82) is 0 Å². The molecule has 2 heterocycles. The normalized spacial score (nSPS) is 11.1. The third kappa shape index (κ3) is 1.81. The Balaban J connectivity index is 2.12. The van der Waals surface area contributed by atoms with Crippen LogP contribution in [0.15, 0.2) is 24.4 Å². The molecule has 2 aromatic heterocycles. The highest BCUT2D eigenvalue weighted by Crippen LogP contribution is 2.36. The van der Waals surface area contributed by atoms with Crippen molar-refractivity contribution in [3.05, 3.63) is 24.4 Å². The number of phenols is 1. The number of aromatic nitrogens is 4. The van der Waals surface area contributed by atoms with E-state index in [4.69, 9.17) is 4.74 Å². The lowest BCUT2D eigenvalue weighted by molar-refractivity contribution is 0.318. The number of phenolic OH excluding ortho intramolecular Hbond substituents is 1. The Labute approximate surface area is 109 Å². The van der Waals surface area contributed by atoms with Crippen LogP contribution in [0.5, 0.6) is 11.5 Å². The second-order valence-electron chi connectivity index (χ2n) is 4.18. The number of para-hydroxylation sites is 1. The number of aromatic amines is 1. The summed E-state index contributed by atoms with van der Waals surface area (Å²) in [4.78, 5) is 7.57. The van der Waals surface area contributed by atoms with Gasteiger partial charge in [-0.1, -0.05) is 6.07 Å². The topological polar surface area (TPSA) is 76.0 Å². The molecule has 6 heteroatoms. The highest BCUT2D eigenvalue weighted by Gasteiger charge is 2.14. The van der Waals surface area contributed by atoms with Crippen LogP contribution in [0, 0.1) is 0 Å². The molecule has 0 radical (unpaired) electrons. The van der Waals surface area contributed by atoms with E-state index in [-0.39, 0.29) is 5.75 Å². The summed E-state index contributed by atoms with van der Waals surface area (Å²) in [6.07, 6.45) is 1.70. The Bertz CT molecular complexity index is 729. The van der Waals surface area contributed by atoms with E-state index in [2.05, 4.69) is 15.1 Å². The molecule has 0 fully saturated rings. The zero-order chi connectivity index (χ0) is 13.4. The van der Waals surface area contributed by atoms with E-state index in [0.717, 1.165) is 11.2 Å². The average Bonchev–Trinajstić information content (AvgIpc) is 2.95. The highest BCUT2D eigenvalue weighted by molar-refractivity contribution is 5.78. The molecule has 0 bridgehead atoms. The number of rotatable bonds is 3. The maximum Gasteiger partial charge on any atom is 0.176 e. The second kappa shape index (κ2) is 4.31. The first-order chi connectivity index (χ1) is 9.20. The van der Waals surface area contributed by atoms with E-state index in [0.29, 0.717) is 23.7 Å². The van der Waals surface area contributed by atoms with Gasteiger partial charge in [0.25, 0.3) is 0 Å². The molecule has 0 amide bonds. The Morgan fingerprint density at radius 3 is 3.00 bits per heavy atom. The maximum absolute atomic E-state index is 10.2. The first kappa shape index (κ1) is 11.6. The summed E-state index contributed by atoms with van der Waals surface area (Å²) in [5.74, 6) is 1.15. The number of H-pyrrole nitrogens is 1. The lowest BCUT2D eigenvalue weighted by atomic mass is 10.2. The molecule has 1 aromatic carbocycles. The SMILES string of the molecule is CCOc1cccc(-c2nc3c(cnn3C)[nH]2)c1O. The lowest BCUT2D eigenvalue weighted by Gasteiger charge is -2.08. The standard InChI is InChI=1S/C13H14N4O2/c1-3-19-10-6-4-5-8(11(10)18)12-15-9-7-14-17(2)13(9)16-12/h4-7,18H,3H2,1-2H3,(H,15,16). The van der Waals surface area contributed by atoms with Gasteiger partial charge in [0.05, 0.1) is 18.4 Å². The molecule has 3 aromatic rings. The van der Waals surface area contributed by atoms with Gasteiger partial charge in [-0.15, -0.1) is 0 Å². The Hall–Kier alpha value is -2.50. The van der Waals surface area contributed by atoms with Crippen LogP contribution in [0.25, 0.3) is 22.6 Å². The molecule has 0 saturated carbocycles. The second-order valence-corrected chi connectivity index (χ2v) is 4.18. The predicted octanol–water partition coefficient (Wildman–Crippen LogP) is 2.07. The fourth-order valence-electron chi connectivity index (χ4n) is 2.03. The molecule has 3 rings (SSSR count). The minimum atomic E-state index is 0.0939. The van der Waals surface area contributed by atoms with E-state index >= 15 is 0 Å². The van der Waals surface area contributed by atoms with E-state index in [1.165, 1.54) is 0 Å². The van der Waals surface area contributed by atoms with Crippen molar-refractivity contribution in [2.24, 2.45) is 7.05 Å². The molecular formula is C13H14N4O2. The number of hydrogen-bond donors (Lipinski definition) is 2. The van der Waals surface area contributed by atoms with Gasteiger partial charge < -0.3 is 14.8 Å². The maximum atomic E-state index is 10.2. The van der Waals surface area contributed by atoms with Gasteiger partial charge in [0, 0.05) is 7.05 Å². The number of nitrogens with one attached hydrogen (secondary N) is 1. The molecule has 2 N–H and O–H groups in total. The van der Waals surface area contributed by atoms with Gasteiger partial charge >= 0.3 is 0 Å². The summed E-state index contributed by atoms with van der Waals surface area (Å²) in [7, 11) is 1.82. The Morgan fingerprint density at radius 2 is 2.26 bits per heavy atom. The third-order valence-electron chi connectivity index (χ3n) is 2.93. The van der Waals surface area contributed by atoms with Crippen LogP contribution in [0.2, 0.25) is 0 Å². The fourth-order valence-corrected chi connectivity index (χ4v) is 2.03. The van der Waals surface area contributed by atoms with Gasteiger partial charge in [-0.25, -0.2) is 9.67 Å². The van der Waals surface area contributed by atoms with E-state index in [9.17, 15) is 5.11 Å². The zero-order valence-corrected chi connectivity index (χ0v) is 10.7. The van der Waals surface area contributed by atoms with E-state index in [1.54, 1.807) is 23.0 Å². The molecule has 0 spiro atoms. The minimum Gasteiger partial charge on any atom is -0.504 e. The summed E-state index contributed by atoms with van der Waals surface area (Å²) in [5.41, 5.74) is 2.19. The number of fused-ring (bicyclic) bond motifs is 1. The first-order valence-corrected chi connectivity index (χ1v) is 6.03. The summed E-state index contributed by atoms with van der Waals surface area (Å²) in [5, 5.41) is 14.3. The molecule has 19 heavy (non-hydrogen) atoms. The van der Waals surface area contributed by atoms with Gasteiger partial charge in [0.15, 0.2) is 17.1 Å². The molecule has 0 aliphatic carbocycles. The molecule has 0 aliphatic heterocycles. The first-order valence-electron chi connectivity index (χ1n) is 6.03. The summed E-state index contributed by atoms with van der Waals surface area (Å²) in [6.45, 7) is 2.38. The molecule has 6 nitrogen and oxygen atoms in total. The van der Waals surface area contributed by atoms with Gasteiger partial charge in [-0.3, -0.25) is 0 Å². The van der Waals surface area contributed by atoms with Crippen molar-refractivity contribution in [1.82, 2.24) is 19.7 Å². The number of imidazole rings is 1. The van der Waals surface area contributed by atoms with E-state index < -0.39 is 0 Å². The van der Waals surface area contributed by atoms with E-state index in [1.807, 2.05) is 20.0 Å². The number of aromatic hydroxyl groups is 1. The average molecular weight is 258 g/mol. The van der Waals surface area contributed by atoms with Crippen LogP contribution in [-0.2, 0) is 7.05 Å². The Kier molecular flexibility index (Phi) is 2.63. The monoisotopic (exact) mass is 258 g/mol. The van der Waals surface area contributed by atoms with Gasteiger partial charge in [-0.05, 0) is 19.1 Å². The van der Waals surface area contributed by atoms with Crippen molar-refractivity contribution >= 4 is 11.2 Å². The van der Waals surface area contributed by atoms with Crippen molar-refractivity contribution in [2.75, 3.05) is 6.61 Å². The van der Waals surface area contributed by atoms with Crippen molar-refractivity contribution in [3.8, 4) is 22.9 Å². The fraction of sp³-hybridized carbons (Fsp3) is 0.231. The molecule has 0 unspecified atom stereocenters. The number of nitrogens with zero attached hydrogens (tertiary/aromatic N) is 3. The molecule has 0 saturated heterocycles. The molecular weight excluding hydrogens is 244 g/mol. The molecule has 0 aliphatic rings. The van der Waals surface area contributed by atoms with Crippen molar-refractivity contribution in [3.63, 3.8) is 0 Å². The van der Waals surface area contributed by atoms with Gasteiger partial charge in [0.1, 0.15) is 11.3 Å². The smallest absolute Gasteiger partial charge is 0.176 e. The zero-order valence-electron chi connectivity index (χ0n) is 10.7. The number of hydrogen-bond acceptors (Lipinski definition) is 4. The quantitative estimate of drug-likeness (QED) is 0.754. The Morgan fingerprint density at radius 1 is 1.42 bits per heavy atom.